The summed E-state index contributed by atoms with van der Waals surface area (Å²) in [6.07, 6.45) is 1.65. The Morgan fingerprint density at radius 1 is 1.29 bits per heavy atom. The van der Waals surface area contributed by atoms with Gasteiger partial charge in [0.2, 0.25) is 0 Å². The van der Waals surface area contributed by atoms with Crippen LogP contribution in [-0.4, -0.2) is 22.9 Å². The Balaban J connectivity index is 1.79. The zero-order valence-corrected chi connectivity index (χ0v) is 9.94. The van der Waals surface area contributed by atoms with Gasteiger partial charge in [-0.2, -0.15) is 0 Å². The molecule has 2 aliphatic rings. The van der Waals surface area contributed by atoms with Crippen LogP contribution in [0.2, 0.25) is 0 Å². The topological polar surface area (TPSA) is 3.01 Å². The van der Waals surface area contributed by atoms with Crippen LogP contribution in [0.1, 0.15) is 37.8 Å². The largest absolute Gasteiger partial charge is 0.282 e. The van der Waals surface area contributed by atoms with E-state index in [2.05, 4.69) is 0 Å². The first kappa shape index (κ1) is 11.1. The van der Waals surface area contributed by atoms with E-state index in [1.807, 2.05) is 42.2 Å². The van der Waals surface area contributed by atoms with Crippen LogP contribution in [0, 0.1) is 0 Å². The monoisotopic (exact) mass is 237 g/mol. The molecule has 1 unspecified atom stereocenters. The molecule has 1 aliphatic carbocycles. The molecule has 17 heavy (non-hydrogen) atoms. The van der Waals surface area contributed by atoms with Gasteiger partial charge in [-0.3, -0.25) is 4.90 Å². The van der Waals surface area contributed by atoms with Crippen LogP contribution in [0.3, 0.4) is 0 Å². The fourth-order valence-corrected chi connectivity index (χ4v) is 3.23. The fraction of sp³-hybridized carbons (Fsp3) is 0.571. The molecule has 1 aromatic carbocycles. The Morgan fingerprint density at radius 3 is 2.65 bits per heavy atom. The third kappa shape index (κ3) is 1.77. The SMILES string of the molecule is C[C@H](c1ccccc1)N1[C@@H]2CCCC(F)(F)[C@@H]21. The quantitative estimate of drug-likeness (QED) is 0.710. The minimum absolute atomic E-state index is 0.0617. The molecule has 92 valence electrons. The highest BCUT2D eigenvalue weighted by atomic mass is 19.3. The van der Waals surface area contributed by atoms with E-state index in [4.69, 9.17) is 0 Å². The lowest BCUT2D eigenvalue weighted by Crippen LogP contribution is -2.30. The van der Waals surface area contributed by atoms with Crippen LogP contribution in [-0.2, 0) is 0 Å². The highest BCUT2D eigenvalue weighted by Crippen LogP contribution is 2.53. The van der Waals surface area contributed by atoms with Crippen LogP contribution < -0.4 is 0 Å². The van der Waals surface area contributed by atoms with E-state index >= 15 is 0 Å². The van der Waals surface area contributed by atoms with E-state index in [1.54, 1.807) is 0 Å². The van der Waals surface area contributed by atoms with Crippen molar-refractivity contribution in [3.05, 3.63) is 35.9 Å². The van der Waals surface area contributed by atoms with Crippen LogP contribution in [0.5, 0.6) is 0 Å². The van der Waals surface area contributed by atoms with Crippen molar-refractivity contribution >= 4 is 0 Å². The molecule has 0 bridgehead atoms. The van der Waals surface area contributed by atoms with E-state index in [-0.39, 0.29) is 18.5 Å². The molecule has 1 aliphatic heterocycles. The molecular weight excluding hydrogens is 220 g/mol. The first-order chi connectivity index (χ1) is 8.11. The molecule has 1 aromatic rings. The van der Waals surface area contributed by atoms with E-state index in [9.17, 15) is 8.78 Å². The van der Waals surface area contributed by atoms with Gasteiger partial charge in [0.1, 0.15) is 0 Å². The molecule has 0 aromatic heterocycles. The van der Waals surface area contributed by atoms with Crippen LogP contribution in [0.15, 0.2) is 30.3 Å². The molecule has 1 nitrogen and oxygen atoms in total. The molecule has 3 rings (SSSR count). The minimum Gasteiger partial charge on any atom is -0.282 e. The van der Waals surface area contributed by atoms with Crippen molar-refractivity contribution in [3.8, 4) is 0 Å². The zero-order valence-electron chi connectivity index (χ0n) is 9.94. The molecule has 1 heterocycles. The predicted molar refractivity (Wildman–Crippen MR) is 63.1 cm³/mol. The van der Waals surface area contributed by atoms with Crippen molar-refractivity contribution in [1.82, 2.24) is 4.90 Å². The first-order valence-corrected chi connectivity index (χ1v) is 6.31. The molecule has 3 heteroatoms. The Kier molecular flexibility index (Phi) is 2.47. The fourth-order valence-electron chi connectivity index (χ4n) is 3.23. The number of alkyl halides is 2. The van der Waals surface area contributed by atoms with Crippen LogP contribution in [0.25, 0.3) is 0 Å². The smallest absolute Gasteiger partial charge is 0.264 e. The molecule has 0 radical (unpaired) electrons. The Bertz CT molecular complexity index is 404. The molecule has 0 N–H and O–H groups in total. The standard InChI is InChI=1S/C14H17F2N/c1-10(11-6-3-2-4-7-11)17-12-8-5-9-14(15,16)13(12)17/h2-4,6-7,10,12-13H,5,8-9H2,1H3/t10-,12-,13-,17?/m1/s1. The lowest BCUT2D eigenvalue weighted by atomic mass is 9.97. The van der Waals surface area contributed by atoms with Gasteiger partial charge in [0.25, 0.3) is 5.92 Å². The molecule has 0 amide bonds. The maximum absolute atomic E-state index is 13.7. The van der Waals surface area contributed by atoms with Gasteiger partial charge in [-0.05, 0) is 25.3 Å². The minimum atomic E-state index is -2.48. The van der Waals surface area contributed by atoms with Crippen molar-refractivity contribution in [2.24, 2.45) is 0 Å². The van der Waals surface area contributed by atoms with Crippen molar-refractivity contribution in [2.45, 2.75) is 50.2 Å². The summed E-state index contributed by atoms with van der Waals surface area (Å²) in [4.78, 5) is 1.99. The third-order valence-corrected chi connectivity index (χ3v) is 4.15. The van der Waals surface area contributed by atoms with Gasteiger partial charge in [0.05, 0.1) is 6.04 Å². The average molecular weight is 237 g/mol. The van der Waals surface area contributed by atoms with Crippen LogP contribution in [0.4, 0.5) is 8.78 Å². The van der Waals surface area contributed by atoms with Gasteiger partial charge in [-0.15, -0.1) is 0 Å². The van der Waals surface area contributed by atoms with Gasteiger partial charge >= 0.3 is 0 Å². The lowest BCUT2D eigenvalue weighted by Gasteiger charge is -2.20. The normalized spacial score (nSPS) is 36.1. The molecule has 2 fully saturated rings. The summed E-state index contributed by atoms with van der Waals surface area (Å²) >= 11 is 0. The summed E-state index contributed by atoms with van der Waals surface area (Å²) < 4.78 is 27.4. The number of likely N-dealkylation sites (tertiary alicyclic amines) is 1. The summed E-state index contributed by atoms with van der Waals surface area (Å²) in [5.74, 6) is -2.48. The summed E-state index contributed by atoms with van der Waals surface area (Å²) in [5.41, 5.74) is 1.14. The second kappa shape index (κ2) is 3.77. The highest BCUT2D eigenvalue weighted by Gasteiger charge is 2.64. The van der Waals surface area contributed by atoms with Gasteiger partial charge < -0.3 is 0 Å². The van der Waals surface area contributed by atoms with E-state index < -0.39 is 12.0 Å². The second-order valence-corrected chi connectivity index (χ2v) is 5.20. The number of benzene rings is 1. The molecule has 1 saturated heterocycles. The van der Waals surface area contributed by atoms with Gasteiger partial charge in [0.15, 0.2) is 0 Å². The average Bonchev–Trinajstić information content (AvgIpc) is 3.05. The van der Waals surface area contributed by atoms with Crippen molar-refractivity contribution < 1.29 is 8.78 Å². The second-order valence-electron chi connectivity index (χ2n) is 5.20. The van der Waals surface area contributed by atoms with Gasteiger partial charge in [-0.25, -0.2) is 8.78 Å². The van der Waals surface area contributed by atoms with E-state index in [0.29, 0.717) is 6.42 Å². The molecular formula is C14H17F2N. The number of halogens is 2. The zero-order chi connectivity index (χ0) is 12.0. The van der Waals surface area contributed by atoms with Crippen LogP contribution >= 0.6 is 0 Å². The molecule has 1 saturated carbocycles. The van der Waals surface area contributed by atoms with Crippen molar-refractivity contribution in [2.75, 3.05) is 0 Å². The van der Waals surface area contributed by atoms with Gasteiger partial charge in [0, 0.05) is 18.5 Å². The number of hydrogen-bond acceptors (Lipinski definition) is 1. The van der Waals surface area contributed by atoms with Gasteiger partial charge in [-0.1, -0.05) is 30.3 Å². The number of nitrogens with zero attached hydrogens (tertiary/aromatic N) is 1. The number of fused-ring (bicyclic) bond motifs is 1. The number of hydrogen-bond donors (Lipinski definition) is 0. The number of rotatable bonds is 2. The molecule has 4 atom stereocenters. The molecule has 0 spiro atoms. The van der Waals surface area contributed by atoms with E-state index in [1.165, 1.54) is 0 Å². The Labute approximate surface area is 100 Å². The lowest BCUT2D eigenvalue weighted by molar-refractivity contribution is -0.0309. The summed E-state index contributed by atoms with van der Waals surface area (Å²) in [5, 5.41) is 0. The summed E-state index contributed by atoms with van der Waals surface area (Å²) in [6, 6.07) is 9.64. The maximum Gasteiger partial charge on any atom is 0.264 e. The first-order valence-electron chi connectivity index (χ1n) is 6.31. The highest BCUT2D eigenvalue weighted by molar-refractivity contribution is 5.24. The predicted octanol–water partition coefficient (Wildman–Crippen LogP) is 3.62. The Hall–Kier alpha value is -0.960. The Morgan fingerprint density at radius 2 is 2.00 bits per heavy atom. The van der Waals surface area contributed by atoms with Crippen molar-refractivity contribution in [3.63, 3.8) is 0 Å². The maximum atomic E-state index is 13.7. The van der Waals surface area contributed by atoms with E-state index in [0.717, 1.165) is 12.0 Å². The third-order valence-electron chi connectivity index (χ3n) is 4.15. The summed E-state index contributed by atoms with van der Waals surface area (Å²) in [7, 11) is 0. The summed E-state index contributed by atoms with van der Waals surface area (Å²) in [6.45, 7) is 2.03. The van der Waals surface area contributed by atoms with Crippen molar-refractivity contribution in [1.29, 1.82) is 0 Å².